The number of hydrogen-bond donors (Lipinski definition) is 1. The Kier molecular flexibility index (Phi) is 4.71. The molecular weight excluding hydrogens is 220 g/mol. The molecule has 2 N–H and O–H groups in total. The highest BCUT2D eigenvalue weighted by Crippen LogP contribution is 2.39. The van der Waals surface area contributed by atoms with E-state index >= 15 is 0 Å². The molecule has 0 aromatic carbocycles. The number of thiocarbonyl (C=S) groups is 1. The van der Waals surface area contributed by atoms with Crippen molar-refractivity contribution < 1.29 is 4.79 Å². The molecule has 4 heteroatoms. The molecular formula is C12H22N2OS. The molecule has 92 valence electrons. The van der Waals surface area contributed by atoms with Crippen molar-refractivity contribution in [3.63, 3.8) is 0 Å². The van der Waals surface area contributed by atoms with Crippen molar-refractivity contribution in [3.05, 3.63) is 0 Å². The second-order valence-electron chi connectivity index (χ2n) is 4.87. The Morgan fingerprint density at radius 3 is 2.44 bits per heavy atom. The van der Waals surface area contributed by atoms with Gasteiger partial charge in [-0.1, -0.05) is 32.0 Å². The molecule has 0 spiro atoms. The van der Waals surface area contributed by atoms with E-state index in [4.69, 9.17) is 18.0 Å². The Hall–Kier alpha value is -0.640. The minimum atomic E-state index is -0.133. The van der Waals surface area contributed by atoms with Gasteiger partial charge in [0, 0.05) is 24.9 Å². The Morgan fingerprint density at radius 2 is 2.00 bits per heavy atom. The zero-order valence-electron chi connectivity index (χ0n) is 10.3. The summed E-state index contributed by atoms with van der Waals surface area (Å²) in [6, 6.07) is 0. The van der Waals surface area contributed by atoms with Crippen LogP contribution in [0.2, 0.25) is 0 Å². The zero-order chi connectivity index (χ0) is 12.2. The number of amides is 1. The van der Waals surface area contributed by atoms with Gasteiger partial charge in [-0.05, 0) is 19.8 Å². The van der Waals surface area contributed by atoms with Crippen LogP contribution in [-0.4, -0.2) is 28.9 Å². The quantitative estimate of drug-likeness (QED) is 0.751. The predicted molar refractivity (Wildman–Crippen MR) is 70.2 cm³/mol. The van der Waals surface area contributed by atoms with E-state index in [1.807, 2.05) is 11.8 Å². The van der Waals surface area contributed by atoms with Crippen molar-refractivity contribution in [2.45, 2.75) is 46.0 Å². The fourth-order valence-corrected chi connectivity index (χ4v) is 2.49. The van der Waals surface area contributed by atoms with Gasteiger partial charge in [-0.3, -0.25) is 4.79 Å². The highest BCUT2D eigenvalue weighted by atomic mass is 32.1. The van der Waals surface area contributed by atoms with Gasteiger partial charge in [-0.2, -0.15) is 0 Å². The maximum absolute atomic E-state index is 12.4. The highest BCUT2D eigenvalue weighted by Gasteiger charge is 2.38. The minimum Gasteiger partial charge on any atom is -0.393 e. The molecule has 0 radical (unpaired) electrons. The first-order valence-electron chi connectivity index (χ1n) is 6.07. The van der Waals surface area contributed by atoms with E-state index in [0.29, 0.717) is 18.0 Å². The fraction of sp³-hybridized carbons (Fsp3) is 0.833. The Bertz CT molecular complexity index is 272. The van der Waals surface area contributed by atoms with E-state index in [1.54, 1.807) is 0 Å². The third-order valence-electron chi connectivity index (χ3n) is 3.52. The first kappa shape index (κ1) is 13.4. The van der Waals surface area contributed by atoms with Crippen LogP contribution in [0, 0.1) is 5.41 Å². The van der Waals surface area contributed by atoms with Crippen LogP contribution in [0.3, 0.4) is 0 Å². The van der Waals surface area contributed by atoms with Crippen LogP contribution < -0.4 is 5.73 Å². The summed E-state index contributed by atoms with van der Waals surface area (Å²) < 4.78 is 0. The lowest BCUT2D eigenvalue weighted by Crippen LogP contribution is -2.42. The second-order valence-corrected chi connectivity index (χ2v) is 5.39. The van der Waals surface area contributed by atoms with E-state index in [-0.39, 0.29) is 11.3 Å². The van der Waals surface area contributed by atoms with E-state index in [9.17, 15) is 4.79 Å². The molecule has 0 saturated heterocycles. The number of carbonyl (C=O) groups is 1. The Morgan fingerprint density at radius 1 is 1.44 bits per heavy atom. The molecule has 0 aromatic rings. The number of hydrogen-bond acceptors (Lipinski definition) is 2. The van der Waals surface area contributed by atoms with Crippen LogP contribution >= 0.6 is 12.2 Å². The lowest BCUT2D eigenvalue weighted by molar-refractivity contribution is -0.140. The van der Waals surface area contributed by atoms with Crippen LogP contribution in [0.1, 0.15) is 46.0 Å². The molecule has 0 unspecified atom stereocenters. The zero-order valence-corrected chi connectivity index (χ0v) is 11.1. The van der Waals surface area contributed by atoms with E-state index in [2.05, 4.69) is 6.92 Å². The standard InChI is InChI=1S/C12H22N2OS/c1-3-14(9-6-10(13)16)11(15)12(2)7-4-5-8-12/h3-9H2,1-2H3,(H2,13,16). The molecule has 0 atom stereocenters. The van der Waals surface area contributed by atoms with Crippen LogP contribution in [0.5, 0.6) is 0 Å². The molecule has 0 bridgehead atoms. The molecule has 1 rings (SSSR count). The number of rotatable bonds is 5. The van der Waals surface area contributed by atoms with Gasteiger partial charge in [0.05, 0.1) is 4.99 Å². The summed E-state index contributed by atoms with van der Waals surface area (Å²) in [7, 11) is 0. The fourth-order valence-electron chi connectivity index (χ4n) is 2.40. The van der Waals surface area contributed by atoms with Crippen molar-refractivity contribution in [1.82, 2.24) is 4.90 Å². The second kappa shape index (κ2) is 5.62. The van der Waals surface area contributed by atoms with E-state index < -0.39 is 0 Å². The van der Waals surface area contributed by atoms with Gasteiger partial charge in [-0.15, -0.1) is 0 Å². The van der Waals surface area contributed by atoms with Gasteiger partial charge in [0.25, 0.3) is 0 Å². The van der Waals surface area contributed by atoms with Crippen molar-refractivity contribution in [3.8, 4) is 0 Å². The smallest absolute Gasteiger partial charge is 0.228 e. The van der Waals surface area contributed by atoms with Gasteiger partial charge < -0.3 is 10.6 Å². The molecule has 1 saturated carbocycles. The molecule has 1 fully saturated rings. The van der Waals surface area contributed by atoms with Crippen molar-refractivity contribution in [1.29, 1.82) is 0 Å². The van der Waals surface area contributed by atoms with Gasteiger partial charge in [-0.25, -0.2) is 0 Å². The minimum absolute atomic E-state index is 0.133. The summed E-state index contributed by atoms with van der Waals surface area (Å²) in [6.45, 7) is 5.51. The topological polar surface area (TPSA) is 46.3 Å². The molecule has 16 heavy (non-hydrogen) atoms. The number of nitrogens with zero attached hydrogens (tertiary/aromatic N) is 1. The number of nitrogens with two attached hydrogens (primary N) is 1. The average molecular weight is 242 g/mol. The van der Waals surface area contributed by atoms with Gasteiger partial charge >= 0.3 is 0 Å². The normalized spacial score (nSPS) is 18.4. The first-order chi connectivity index (χ1) is 7.49. The Balaban J connectivity index is 2.58. The number of carbonyl (C=O) groups excluding carboxylic acids is 1. The molecule has 0 aromatic heterocycles. The molecule has 1 aliphatic rings. The van der Waals surface area contributed by atoms with Gasteiger partial charge in [0.1, 0.15) is 0 Å². The average Bonchev–Trinajstić information content (AvgIpc) is 2.66. The molecule has 1 amide bonds. The first-order valence-corrected chi connectivity index (χ1v) is 6.48. The maximum Gasteiger partial charge on any atom is 0.228 e. The van der Waals surface area contributed by atoms with E-state index in [1.165, 1.54) is 12.8 Å². The summed E-state index contributed by atoms with van der Waals surface area (Å²) in [4.78, 5) is 14.7. The summed E-state index contributed by atoms with van der Waals surface area (Å²) in [5.74, 6) is 0.281. The largest absolute Gasteiger partial charge is 0.393 e. The van der Waals surface area contributed by atoms with Crippen LogP contribution in [0.15, 0.2) is 0 Å². The SMILES string of the molecule is CCN(CCC(N)=S)C(=O)C1(C)CCCC1. The van der Waals surface area contributed by atoms with Crippen molar-refractivity contribution in [2.75, 3.05) is 13.1 Å². The lowest BCUT2D eigenvalue weighted by Gasteiger charge is -2.30. The van der Waals surface area contributed by atoms with Crippen LogP contribution in [0.4, 0.5) is 0 Å². The monoisotopic (exact) mass is 242 g/mol. The summed E-state index contributed by atoms with van der Waals surface area (Å²) in [5, 5.41) is 0. The van der Waals surface area contributed by atoms with Gasteiger partial charge in [0.15, 0.2) is 0 Å². The highest BCUT2D eigenvalue weighted by molar-refractivity contribution is 7.80. The van der Waals surface area contributed by atoms with Gasteiger partial charge in [0.2, 0.25) is 5.91 Å². The predicted octanol–water partition coefficient (Wildman–Crippen LogP) is 2.09. The maximum atomic E-state index is 12.4. The van der Waals surface area contributed by atoms with Crippen molar-refractivity contribution in [2.24, 2.45) is 11.1 Å². The molecule has 0 heterocycles. The molecule has 1 aliphatic carbocycles. The van der Waals surface area contributed by atoms with Crippen LogP contribution in [-0.2, 0) is 4.79 Å². The molecule has 3 nitrogen and oxygen atoms in total. The summed E-state index contributed by atoms with van der Waals surface area (Å²) >= 11 is 4.85. The molecule has 0 aliphatic heterocycles. The Labute approximate surface area is 103 Å². The van der Waals surface area contributed by atoms with Crippen molar-refractivity contribution >= 4 is 23.1 Å². The summed E-state index contributed by atoms with van der Waals surface area (Å²) in [5.41, 5.74) is 5.34. The third-order valence-corrected chi connectivity index (χ3v) is 3.72. The van der Waals surface area contributed by atoms with E-state index in [0.717, 1.165) is 19.4 Å². The van der Waals surface area contributed by atoms with Crippen LogP contribution in [0.25, 0.3) is 0 Å². The summed E-state index contributed by atoms with van der Waals surface area (Å²) in [6.07, 6.45) is 5.03. The lowest BCUT2D eigenvalue weighted by atomic mass is 9.87. The third kappa shape index (κ3) is 3.17.